The fourth-order valence-electron chi connectivity index (χ4n) is 2.04. The van der Waals surface area contributed by atoms with Gasteiger partial charge in [-0.3, -0.25) is 0 Å². The maximum Gasteiger partial charge on any atom is 0.125 e. The molecule has 0 heterocycles. The fourth-order valence-corrected chi connectivity index (χ4v) is 2.04. The lowest BCUT2D eigenvalue weighted by Gasteiger charge is -2.15. The van der Waals surface area contributed by atoms with Gasteiger partial charge in [0.25, 0.3) is 0 Å². The predicted molar refractivity (Wildman–Crippen MR) is 82.3 cm³/mol. The highest BCUT2D eigenvalue weighted by Crippen LogP contribution is 2.16. The van der Waals surface area contributed by atoms with Crippen LogP contribution in [0.1, 0.15) is 11.1 Å². The quantitative estimate of drug-likeness (QED) is 0.857. The van der Waals surface area contributed by atoms with E-state index in [2.05, 4.69) is 5.32 Å². The second kappa shape index (κ2) is 7.09. The van der Waals surface area contributed by atoms with Crippen molar-refractivity contribution >= 4 is 5.69 Å². The third-order valence-electron chi connectivity index (χ3n) is 3.11. The lowest BCUT2D eigenvalue weighted by atomic mass is 10.2. The Labute approximate surface area is 124 Å². The molecule has 0 saturated carbocycles. The van der Waals surface area contributed by atoms with E-state index >= 15 is 0 Å². The van der Waals surface area contributed by atoms with Crippen molar-refractivity contribution in [2.24, 2.45) is 0 Å². The summed E-state index contributed by atoms with van der Waals surface area (Å²) in [4.78, 5) is 0. The molecule has 0 fully saturated rings. The SMILES string of the molecule is Cc1cc(F)cc(NCC(O)COc2ccccc2C)c1. The molecule has 2 aromatic rings. The number of hydrogen-bond acceptors (Lipinski definition) is 3. The van der Waals surface area contributed by atoms with E-state index in [9.17, 15) is 9.50 Å². The van der Waals surface area contributed by atoms with Crippen LogP contribution < -0.4 is 10.1 Å². The minimum Gasteiger partial charge on any atom is -0.491 e. The molecule has 1 unspecified atom stereocenters. The molecule has 2 aromatic carbocycles. The van der Waals surface area contributed by atoms with Crippen LogP contribution in [0.3, 0.4) is 0 Å². The third-order valence-corrected chi connectivity index (χ3v) is 3.11. The zero-order valence-corrected chi connectivity index (χ0v) is 12.3. The largest absolute Gasteiger partial charge is 0.491 e. The predicted octanol–water partition coefficient (Wildman–Crippen LogP) is 3.29. The van der Waals surface area contributed by atoms with Gasteiger partial charge in [0.15, 0.2) is 0 Å². The summed E-state index contributed by atoms with van der Waals surface area (Å²) >= 11 is 0. The molecule has 0 amide bonds. The van der Waals surface area contributed by atoms with Crippen LogP contribution in [0.15, 0.2) is 42.5 Å². The monoisotopic (exact) mass is 289 g/mol. The Balaban J connectivity index is 1.82. The van der Waals surface area contributed by atoms with E-state index in [1.165, 1.54) is 12.1 Å². The average Bonchev–Trinajstić information content (AvgIpc) is 2.43. The number of para-hydroxylation sites is 1. The summed E-state index contributed by atoms with van der Waals surface area (Å²) in [6, 6.07) is 12.3. The van der Waals surface area contributed by atoms with Crippen molar-refractivity contribution in [2.75, 3.05) is 18.5 Å². The van der Waals surface area contributed by atoms with Gasteiger partial charge in [0, 0.05) is 12.2 Å². The van der Waals surface area contributed by atoms with Crippen LogP contribution in [0.25, 0.3) is 0 Å². The molecule has 2 N–H and O–H groups in total. The summed E-state index contributed by atoms with van der Waals surface area (Å²) in [6.45, 7) is 4.27. The number of nitrogens with one attached hydrogen (secondary N) is 1. The number of anilines is 1. The lowest BCUT2D eigenvalue weighted by Crippen LogP contribution is -2.26. The van der Waals surface area contributed by atoms with Gasteiger partial charge in [-0.2, -0.15) is 0 Å². The Bertz CT molecular complexity index is 581. The molecule has 21 heavy (non-hydrogen) atoms. The van der Waals surface area contributed by atoms with Gasteiger partial charge < -0.3 is 15.2 Å². The van der Waals surface area contributed by atoms with Crippen molar-refractivity contribution in [3.8, 4) is 5.75 Å². The molecule has 4 heteroatoms. The summed E-state index contributed by atoms with van der Waals surface area (Å²) in [6.07, 6.45) is -0.673. The summed E-state index contributed by atoms with van der Waals surface area (Å²) < 4.78 is 18.8. The van der Waals surface area contributed by atoms with Crippen molar-refractivity contribution in [3.63, 3.8) is 0 Å². The van der Waals surface area contributed by atoms with Crippen LogP contribution in [0.5, 0.6) is 5.75 Å². The van der Waals surface area contributed by atoms with Gasteiger partial charge in [0.2, 0.25) is 0 Å². The first-order valence-electron chi connectivity index (χ1n) is 6.92. The van der Waals surface area contributed by atoms with Crippen molar-refractivity contribution < 1.29 is 14.2 Å². The molecule has 2 rings (SSSR count). The zero-order valence-electron chi connectivity index (χ0n) is 12.3. The summed E-state index contributed by atoms with van der Waals surface area (Å²) in [5, 5.41) is 12.9. The number of benzene rings is 2. The van der Waals surface area contributed by atoms with Gasteiger partial charge in [-0.25, -0.2) is 4.39 Å². The second-order valence-electron chi connectivity index (χ2n) is 5.13. The first-order valence-corrected chi connectivity index (χ1v) is 6.92. The summed E-state index contributed by atoms with van der Waals surface area (Å²) in [7, 11) is 0. The zero-order chi connectivity index (χ0) is 15.2. The molecular weight excluding hydrogens is 269 g/mol. The van der Waals surface area contributed by atoms with Crippen LogP contribution in [-0.4, -0.2) is 24.4 Å². The highest BCUT2D eigenvalue weighted by atomic mass is 19.1. The Morgan fingerprint density at radius 1 is 1.19 bits per heavy atom. The van der Waals surface area contributed by atoms with E-state index in [0.717, 1.165) is 16.9 Å². The highest BCUT2D eigenvalue weighted by Gasteiger charge is 2.07. The summed E-state index contributed by atoms with van der Waals surface area (Å²) in [5.74, 6) is 0.473. The maximum absolute atomic E-state index is 13.2. The number of aliphatic hydroxyl groups is 1. The number of halogens is 1. The van der Waals surface area contributed by atoms with Gasteiger partial charge in [-0.05, 0) is 49.2 Å². The van der Waals surface area contributed by atoms with E-state index in [1.54, 1.807) is 0 Å². The van der Waals surface area contributed by atoms with E-state index in [1.807, 2.05) is 44.2 Å². The van der Waals surface area contributed by atoms with Crippen LogP contribution in [0.4, 0.5) is 10.1 Å². The molecule has 0 spiro atoms. The lowest BCUT2D eigenvalue weighted by molar-refractivity contribution is 0.117. The molecule has 3 nitrogen and oxygen atoms in total. The molecule has 1 atom stereocenters. The molecule has 0 aromatic heterocycles. The Kier molecular flexibility index (Phi) is 5.17. The molecule has 0 bridgehead atoms. The number of ether oxygens (including phenoxy) is 1. The minimum absolute atomic E-state index is 0.187. The number of aliphatic hydroxyl groups excluding tert-OH is 1. The van der Waals surface area contributed by atoms with E-state index < -0.39 is 6.10 Å². The molecule has 0 radical (unpaired) electrons. The Morgan fingerprint density at radius 3 is 2.67 bits per heavy atom. The first-order chi connectivity index (χ1) is 10.0. The van der Waals surface area contributed by atoms with Crippen LogP contribution in [-0.2, 0) is 0 Å². The van der Waals surface area contributed by atoms with Crippen molar-refractivity contribution in [2.45, 2.75) is 20.0 Å². The molecule has 0 saturated heterocycles. The number of rotatable bonds is 6. The third kappa shape index (κ3) is 4.76. The smallest absolute Gasteiger partial charge is 0.125 e. The second-order valence-corrected chi connectivity index (χ2v) is 5.13. The van der Waals surface area contributed by atoms with Gasteiger partial charge in [-0.15, -0.1) is 0 Å². The number of aryl methyl sites for hydroxylation is 2. The molecule has 0 aliphatic carbocycles. The van der Waals surface area contributed by atoms with Crippen molar-refractivity contribution in [1.29, 1.82) is 0 Å². The van der Waals surface area contributed by atoms with E-state index in [0.29, 0.717) is 12.2 Å². The molecular formula is C17H20FNO2. The molecule has 112 valence electrons. The maximum atomic E-state index is 13.2. The fraction of sp³-hybridized carbons (Fsp3) is 0.294. The van der Waals surface area contributed by atoms with E-state index in [4.69, 9.17) is 4.74 Å². The van der Waals surface area contributed by atoms with Crippen molar-refractivity contribution in [1.82, 2.24) is 0 Å². The highest BCUT2D eigenvalue weighted by molar-refractivity contribution is 5.46. The van der Waals surface area contributed by atoms with Crippen molar-refractivity contribution in [3.05, 3.63) is 59.4 Å². The normalized spacial score (nSPS) is 12.0. The number of hydrogen-bond donors (Lipinski definition) is 2. The summed E-state index contributed by atoms with van der Waals surface area (Å²) in [5.41, 5.74) is 2.52. The van der Waals surface area contributed by atoms with Crippen LogP contribution in [0, 0.1) is 19.7 Å². The van der Waals surface area contributed by atoms with Gasteiger partial charge in [0.1, 0.15) is 24.3 Å². The Morgan fingerprint density at radius 2 is 1.95 bits per heavy atom. The standard InChI is InChI=1S/C17H20FNO2/c1-12-7-14(18)9-15(8-12)19-10-16(20)11-21-17-6-4-3-5-13(17)2/h3-9,16,19-20H,10-11H2,1-2H3. The van der Waals surface area contributed by atoms with Gasteiger partial charge in [-0.1, -0.05) is 18.2 Å². The average molecular weight is 289 g/mol. The molecule has 0 aliphatic heterocycles. The minimum atomic E-state index is -0.673. The van der Waals surface area contributed by atoms with E-state index in [-0.39, 0.29) is 12.4 Å². The molecule has 0 aliphatic rings. The van der Waals surface area contributed by atoms with Gasteiger partial charge in [0.05, 0.1) is 0 Å². The first kappa shape index (κ1) is 15.3. The Hall–Kier alpha value is -2.07. The van der Waals surface area contributed by atoms with Crippen LogP contribution >= 0.6 is 0 Å². The van der Waals surface area contributed by atoms with Crippen LogP contribution in [0.2, 0.25) is 0 Å². The topological polar surface area (TPSA) is 41.5 Å². The van der Waals surface area contributed by atoms with Gasteiger partial charge >= 0.3 is 0 Å².